The molecule has 2 aliphatic heterocycles. The fraction of sp³-hybridized carbons (Fsp3) is 0.613. The Morgan fingerprint density at radius 1 is 1.15 bits per heavy atom. The molecule has 3 heterocycles. The van der Waals surface area contributed by atoms with Crippen LogP contribution in [0.3, 0.4) is 0 Å². The van der Waals surface area contributed by atoms with Gasteiger partial charge in [-0.25, -0.2) is 4.79 Å². The Kier molecular flexibility index (Phi) is 4.83. The summed E-state index contributed by atoms with van der Waals surface area (Å²) in [5.41, 5.74) is -1.24. The van der Waals surface area contributed by atoms with Gasteiger partial charge in [-0.05, 0) is 70.1 Å². The van der Waals surface area contributed by atoms with Crippen molar-refractivity contribution in [1.29, 1.82) is 0 Å². The largest absolute Gasteiger partial charge is 0.451 e. The van der Waals surface area contributed by atoms with Gasteiger partial charge in [-0.2, -0.15) is 0 Å². The minimum absolute atomic E-state index is 0.0819. The number of carbonyl (C=O) groups is 2. The van der Waals surface area contributed by atoms with Crippen molar-refractivity contribution in [3.05, 3.63) is 47.2 Å². The summed E-state index contributed by atoms with van der Waals surface area (Å²) in [7, 11) is 0. The number of esters is 1. The molecule has 3 aliphatic carbocycles. The van der Waals surface area contributed by atoms with E-state index in [0.29, 0.717) is 30.8 Å². The Hall–Kier alpha value is -2.52. The number of para-hydroxylation sites is 1. The van der Waals surface area contributed by atoms with E-state index in [1.807, 2.05) is 6.07 Å². The first kappa shape index (κ1) is 25.4. The second-order valence-electron chi connectivity index (χ2n) is 13.6. The van der Waals surface area contributed by atoms with E-state index >= 15 is 0 Å². The topological polar surface area (TPSA) is 118 Å². The van der Waals surface area contributed by atoms with Gasteiger partial charge in [-0.1, -0.05) is 32.0 Å². The van der Waals surface area contributed by atoms with Gasteiger partial charge in [-0.3, -0.25) is 4.79 Å². The second kappa shape index (κ2) is 7.40. The van der Waals surface area contributed by atoms with E-state index in [4.69, 9.17) is 14.2 Å². The maximum atomic E-state index is 13.6. The number of hydrogen-bond donors (Lipinski definition) is 3. The molecule has 8 nitrogen and oxygen atoms in total. The molecule has 0 amide bonds. The fourth-order valence-electron chi connectivity index (χ4n) is 8.66. The highest BCUT2D eigenvalue weighted by Crippen LogP contribution is 2.71. The smallest absolute Gasteiger partial charge is 0.338 e. The lowest BCUT2D eigenvalue weighted by Gasteiger charge is -2.67. The van der Waals surface area contributed by atoms with Crippen molar-refractivity contribution < 1.29 is 34.0 Å². The summed E-state index contributed by atoms with van der Waals surface area (Å²) >= 11 is 0. The molecule has 3 N–H and O–H groups in total. The number of ketones is 1. The lowest BCUT2D eigenvalue weighted by Crippen LogP contribution is -2.74. The number of aromatic nitrogens is 1. The van der Waals surface area contributed by atoms with E-state index in [1.165, 1.54) is 36.6 Å². The van der Waals surface area contributed by atoms with Crippen LogP contribution in [0.1, 0.15) is 71.6 Å². The van der Waals surface area contributed by atoms with Crippen LogP contribution in [0.25, 0.3) is 10.9 Å². The van der Waals surface area contributed by atoms with Crippen LogP contribution in [0, 0.1) is 11.3 Å². The number of ether oxygens (including phenoxy) is 3. The zero-order valence-corrected chi connectivity index (χ0v) is 23.2. The number of H-pyrrole nitrogens is 1. The van der Waals surface area contributed by atoms with Crippen molar-refractivity contribution in [2.24, 2.45) is 11.3 Å². The van der Waals surface area contributed by atoms with Crippen LogP contribution in [0.5, 0.6) is 0 Å². The predicted molar refractivity (Wildman–Crippen MR) is 142 cm³/mol. The van der Waals surface area contributed by atoms with Crippen molar-refractivity contribution >= 4 is 22.7 Å². The highest BCUT2D eigenvalue weighted by atomic mass is 16.7. The highest BCUT2D eigenvalue weighted by molar-refractivity contribution is 5.97. The lowest BCUT2D eigenvalue weighted by atomic mass is 9.42. The normalized spacial score (nSPS) is 42.7. The average molecular weight is 536 g/mol. The molecule has 1 saturated heterocycles. The lowest BCUT2D eigenvalue weighted by molar-refractivity contribution is -0.351. The first-order valence-electron chi connectivity index (χ1n) is 14.1. The number of aromatic amines is 1. The van der Waals surface area contributed by atoms with Crippen LogP contribution in [0.15, 0.2) is 35.9 Å². The highest BCUT2D eigenvalue weighted by Gasteiger charge is 2.74. The maximum Gasteiger partial charge on any atom is 0.338 e. The molecule has 3 fully saturated rings. The van der Waals surface area contributed by atoms with Crippen molar-refractivity contribution in [1.82, 2.24) is 4.98 Å². The SMILES string of the molecule is CC(C)(O)C(=O)O[C@]1(C)CO[C@@]23CC[C@@]4(C)[C@@]5(C)c6[nH]c7ccccc7c6C[C@H]5CC[C@]4(O)C2=CC(=O)[C@H]1O3. The molecule has 8 heteroatoms. The first-order chi connectivity index (χ1) is 18.2. The Balaban J connectivity index is 1.31. The molecule has 2 bridgehead atoms. The van der Waals surface area contributed by atoms with Gasteiger partial charge in [0.2, 0.25) is 0 Å². The van der Waals surface area contributed by atoms with E-state index < -0.39 is 40.1 Å². The molecular formula is C31H37NO7. The minimum atomic E-state index is -1.73. The number of aliphatic hydroxyl groups is 2. The van der Waals surface area contributed by atoms with E-state index in [1.54, 1.807) is 6.92 Å². The van der Waals surface area contributed by atoms with Crippen LogP contribution < -0.4 is 0 Å². The average Bonchev–Trinajstić information content (AvgIpc) is 3.39. The molecule has 2 saturated carbocycles. The quantitative estimate of drug-likeness (QED) is 0.503. The van der Waals surface area contributed by atoms with Crippen molar-refractivity contribution in [2.75, 3.05) is 6.61 Å². The van der Waals surface area contributed by atoms with Crippen LogP contribution in [-0.4, -0.2) is 62.3 Å². The third-order valence-electron chi connectivity index (χ3n) is 11.1. The second-order valence-corrected chi connectivity index (χ2v) is 13.6. The van der Waals surface area contributed by atoms with Crippen molar-refractivity contribution in [3.8, 4) is 0 Å². The van der Waals surface area contributed by atoms with E-state index in [0.717, 1.165) is 18.4 Å². The predicted octanol–water partition coefficient (Wildman–Crippen LogP) is 3.62. The molecule has 39 heavy (non-hydrogen) atoms. The molecule has 1 aromatic heterocycles. The van der Waals surface area contributed by atoms with Gasteiger partial charge in [0.15, 0.2) is 28.9 Å². The van der Waals surface area contributed by atoms with E-state index in [-0.39, 0.29) is 17.8 Å². The first-order valence-corrected chi connectivity index (χ1v) is 14.1. The zero-order chi connectivity index (χ0) is 27.8. The fourth-order valence-corrected chi connectivity index (χ4v) is 8.66. The third kappa shape index (κ3) is 2.93. The molecule has 2 aromatic rings. The summed E-state index contributed by atoms with van der Waals surface area (Å²) in [5, 5.41) is 24.1. The van der Waals surface area contributed by atoms with E-state index in [9.17, 15) is 19.8 Å². The Bertz CT molecular complexity index is 1470. The number of fused-ring (bicyclic) bond motifs is 9. The Labute approximate surface area is 227 Å². The number of nitrogens with one attached hydrogen (secondary N) is 1. The molecule has 7 atom stereocenters. The number of carbonyl (C=O) groups excluding carboxylic acids is 2. The molecule has 5 aliphatic rings. The summed E-state index contributed by atoms with van der Waals surface area (Å²) in [6.45, 7) is 8.63. The van der Waals surface area contributed by atoms with Gasteiger partial charge in [-0.15, -0.1) is 0 Å². The van der Waals surface area contributed by atoms with E-state index in [2.05, 4.69) is 37.0 Å². The summed E-state index contributed by atoms with van der Waals surface area (Å²) in [6.07, 6.45) is 3.79. The monoisotopic (exact) mass is 535 g/mol. The van der Waals surface area contributed by atoms with Gasteiger partial charge < -0.3 is 29.4 Å². The summed E-state index contributed by atoms with van der Waals surface area (Å²) in [4.78, 5) is 29.9. The molecule has 208 valence electrons. The molecule has 1 spiro atoms. The third-order valence-corrected chi connectivity index (χ3v) is 11.1. The number of rotatable bonds is 2. The summed E-state index contributed by atoms with van der Waals surface area (Å²) in [6, 6.07) is 8.38. The van der Waals surface area contributed by atoms with Crippen LogP contribution >= 0.6 is 0 Å². The minimum Gasteiger partial charge on any atom is -0.451 e. The number of hydrogen-bond acceptors (Lipinski definition) is 7. The molecule has 7 rings (SSSR count). The van der Waals surface area contributed by atoms with Crippen LogP contribution in [0.2, 0.25) is 0 Å². The van der Waals surface area contributed by atoms with Crippen LogP contribution in [0.4, 0.5) is 0 Å². The Morgan fingerprint density at radius 2 is 1.90 bits per heavy atom. The molecule has 0 unspecified atom stereocenters. The van der Waals surface area contributed by atoms with Crippen LogP contribution in [-0.2, 0) is 35.6 Å². The van der Waals surface area contributed by atoms with Gasteiger partial charge in [0.1, 0.15) is 0 Å². The number of benzene rings is 1. The summed E-state index contributed by atoms with van der Waals surface area (Å²) in [5.74, 6) is -2.11. The van der Waals surface area contributed by atoms with Gasteiger partial charge >= 0.3 is 5.97 Å². The standard InChI is InChI=1S/C31H37NO7/c1-26(2,35)25(34)39-27(3)16-37-31-13-12-28(4)29(5)17(14-19-18-8-6-7-9-20(18)32-23(19)29)10-11-30(28,36)22(31)15-21(33)24(27)38-31/h6-9,15,17,24,32,35-36H,10-14,16H2,1-5H3/t17-,24-,27-,28+,29-,30+,31-/m1/s1. The van der Waals surface area contributed by atoms with Crippen molar-refractivity contribution in [2.45, 2.75) is 101 Å². The molecular weight excluding hydrogens is 498 g/mol. The molecule has 1 aromatic carbocycles. The van der Waals surface area contributed by atoms with Gasteiger partial charge in [0, 0.05) is 39.4 Å². The van der Waals surface area contributed by atoms with Crippen molar-refractivity contribution in [3.63, 3.8) is 0 Å². The summed E-state index contributed by atoms with van der Waals surface area (Å²) < 4.78 is 18.4. The Morgan fingerprint density at radius 3 is 2.64 bits per heavy atom. The van der Waals surface area contributed by atoms with Gasteiger partial charge in [0.05, 0.1) is 12.2 Å². The van der Waals surface area contributed by atoms with Gasteiger partial charge in [0.25, 0.3) is 0 Å². The maximum absolute atomic E-state index is 13.6. The zero-order valence-electron chi connectivity index (χ0n) is 23.2. The molecule has 0 radical (unpaired) electrons.